The zero-order valence-corrected chi connectivity index (χ0v) is 12.7. The van der Waals surface area contributed by atoms with Crippen molar-refractivity contribution in [1.82, 2.24) is 4.57 Å². The lowest BCUT2D eigenvalue weighted by Crippen LogP contribution is -2.20. The molecule has 1 amide bonds. The van der Waals surface area contributed by atoms with Gasteiger partial charge in [0.2, 0.25) is 0 Å². The highest BCUT2D eigenvalue weighted by Gasteiger charge is 2.11. The SMILES string of the molecule is Cn1ccc(C(=O)Nc2cc(C(N)=S)ccc2Cl)cc1=O. The Hall–Kier alpha value is -2.18. The van der Waals surface area contributed by atoms with E-state index in [-0.39, 0.29) is 16.1 Å². The van der Waals surface area contributed by atoms with Gasteiger partial charge in [0.15, 0.2) is 0 Å². The fourth-order valence-corrected chi connectivity index (χ4v) is 1.95. The van der Waals surface area contributed by atoms with E-state index in [1.165, 1.54) is 16.8 Å². The Bertz CT molecular complexity index is 786. The average Bonchev–Trinajstić information content (AvgIpc) is 2.43. The third kappa shape index (κ3) is 3.48. The summed E-state index contributed by atoms with van der Waals surface area (Å²) in [4.78, 5) is 23.9. The van der Waals surface area contributed by atoms with Crippen molar-refractivity contribution in [1.29, 1.82) is 0 Å². The van der Waals surface area contributed by atoms with E-state index in [2.05, 4.69) is 5.32 Å². The van der Waals surface area contributed by atoms with E-state index in [0.717, 1.165) is 0 Å². The Balaban J connectivity index is 2.30. The fraction of sp³-hybridized carbons (Fsp3) is 0.0714. The van der Waals surface area contributed by atoms with E-state index >= 15 is 0 Å². The minimum absolute atomic E-state index is 0.204. The summed E-state index contributed by atoms with van der Waals surface area (Å²) in [5.41, 5.74) is 6.49. The van der Waals surface area contributed by atoms with Gasteiger partial charge < -0.3 is 15.6 Å². The molecule has 7 heteroatoms. The van der Waals surface area contributed by atoms with Crippen molar-refractivity contribution in [2.24, 2.45) is 12.8 Å². The number of nitrogens with one attached hydrogen (secondary N) is 1. The van der Waals surface area contributed by atoms with Crippen LogP contribution in [0.4, 0.5) is 5.69 Å². The molecule has 108 valence electrons. The van der Waals surface area contributed by atoms with E-state index in [4.69, 9.17) is 29.6 Å². The number of rotatable bonds is 3. The van der Waals surface area contributed by atoms with Gasteiger partial charge in [-0.15, -0.1) is 0 Å². The lowest BCUT2D eigenvalue weighted by molar-refractivity contribution is 0.102. The van der Waals surface area contributed by atoms with Gasteiger partial charge in [-0.3, -0.25) is 9.59 Å². The number of thiocarbonyl (C=S) groups is 1. The van der Waals surface area contributed by atoms with Crippen LogP contribution in [0.5, 0.6) is 0 Å². The van der Waals surface area contributed by atoms with Crippen LogP contribution in [0.25, 0.3) is 0 Å². The number of carbonyl (C=O) groups excluding carboxylic acids is 1. The molecule has 5 nitrogen and oxygen atoms in total. The van der Waals surface area contributed by atoms with Gasteiger partial charge in [0.1, 0.15) is 4.99 Å². The molecule has 1 aromatic carbocycles. The van der Waals surface area contributed by atoms with Crippen LogP contribution >= 0.6 is 23.8 Å². The molecule has 2 aromatic rings. The van der Waals surface area contributed by atoms with Crippen LogP contribution in [0.3, 0.4) is 0 Å². The van der Waals surface area contributed by atoms with Crippen molar-refractivity contribution in [2.45, 2.75) is 0 Å². The number of halogens is 1. The highest BCUT2D eigenvalue weighted by Crippen LogP contribution is 2.23. The zero-order valence-electron chi connectivity index (χ0n) is 11.1. The molecule has 0 radical (unpaired) electrons. The summed E-state index contributed by atoms with van der Waals surface area (Å²) in [5, 5.41) is 2.99. The summed E-state index contributed by atoms with van der Waals surface area (Å²) in [5.74, 6) is -0.435. The number of nitrogens with zero attached hydrogens (tertiary/aromatic N) is 1. The molecule has 0 fully saturated rings. The number of carbonyl (C=O) groups is 1. The first-order valence-electron chi connectivity index (χ1n) is 5.96. The summed E-state index contributed by atoms with van der Waals surface area (Å²) >= 11 is 10.9. The molecule has 0 saturated carbocycles. The van der Waals surface area contributed by atoms with Gasteiger partial charge in [-0.1, -0.05) is 29.9 Å². The van der Waals surface area contributed by atoms with Gasteiger partial charge in [0, 0.05) is 30.4 Å². The first-order chi connectivity index (χ1) is 9.88. The Kier molecular flexibility index (Phi) is 4.40. The fourth-order valence-electron chi connectivity index (χ4n) is 1.66. The first kappa shape index (κ1) is 15.2. The lowest BCUT2D eigenvalue weighted by atomic mass is 10.2. The molecule has 0 saturated heterocycles. The van der Waals surface area contributed by atoms with Gasteiger partial charge >= 0.3 is 0 Å². The number of hydrogen-bond acceptors (Lipinski definition) is 3. The Morgan fingerprint density at radius 1 is 1.29 bits per heavy atom. The predicted molar refractivity (Wildman–Crippen MR) is 87.0 cm³/mol. The van der Waals surface area contributed by atoms with E-state index in [0.29, 0.717) is 16.3 Å². The summed E-state index contributed by atoms with van der Waals surface area (Å²) < 4.78 is 1.37. The van der Waals surface area contributed by atoms with E-state index in [9.17, 15) is 9.59 Å². The highest BCUT2D eigenvalue weighted by atomic mass is 35.5. The standard InChI is InChI=1S/C14H12ClN3O2S/c1-18-5-4-9(7-12(18)19)14(20)17-11-6-8(13(16)21)2-3-10(11)15/h2-7H,1H3,(H2,16,21)(H,17,20). The quantitative estimate of drug-likeness (QED) is 0.847. The van der Waals surface area contributed by atoms with Crippen molar-refractivity contribution in [3.63, 3.8) is 0 Å². The molecule has 0 spiro atoms. The van der Waals surface area contributed by atoms with Crippen molar-refractivity contribution in [3.8, 4) is 0 Å². The third-order valence-corrected chi connectivity index (χ3v) is 3.43. The van der Waals surface area contributed by atoms with Crippen molar-refractivity contribution >= 4 is 40.4 Å². The van der Waals surface area contributed by atoms with Crippen LogP contribution in [-0.2, 0) is 7.05 Å². The van der Waals surface area contributed by atoms with Crippen LogP contribution in [0.1, 0.15) is 15.9 Å². The minimum atomic E-state index is -0.435. The number of benzene rings is 1. The number of nitrogens with two attached hydrogens (primary N) is 1. The smallest absolute Gasteiger partial charge is 0.255 e. The molecule has 0 aliphatic rings. The maximum atomic E-state index is 12.1. The Morgan fingerprint density at radius 3 is 2.62 bits per heavy atom. The van der Waals surface area contributed by atoms with Gasteiger partial charge in [-0.2, -0.15) is 0 Å². The largest absolute Gasteiger partial charge is 0.389 e. The number of pyridine rings is 1. The molecular formula is C14H12ClN3O2S. The minimum Gasteiger partial charge on any atom is -0.389 e. The van der Waals surface area contributed by atoms with Crippen LogP contribution in [0, 0.1) is 0 Å². The molecular weight excluding hydrogens is 310 g/mol. The molecule has 0 unspecified atom stereocenters. The van der Waals surface area contributed by atoms with Crippen LogP contribution in [-0.4, -0.2) is 15.5 Å². The van der Waals surface area contributed by atoms with Crippen LogP contribution in [0.15, 0.2) is 41.3 Å². The average molecular weight is 322 g/mol. The van der Waals surface area contributed by atoms with Gasteiger partial charge in [-0.25, -0.2) is 0 Å². The van der Waals surface area contributed by atoms with Crippen molar-refractivity contribution in [2.75, 3.05) is 5.32 Å². The lowest BCUT2D eigenvalue weighted by Gasteiger charge is -2.09. The Labute approximate surface area is 131 Å². The molecule has 0 atom stereocenters. The maximum Gasteiger partial charge on any atom is 0.255 e. The highest BCUT2D eigenvalue weighted by molar-refractivity contribution is 7.80. The summed E-state index contributed by atoms with van der Waals surface area (Å²) in [7, 11) is 1.60. The molecule has 2 rings (SSSR count). The van der Waals surface area contributed by atoms with Gasteiger partial charge in [0.25, 0.3) is 11.5 Å². The normalized spacial score (nSPS) is 10.2. The number of aromatic nitrogens is 1. The Morgan fingerprint density at radius 2 is 2.00 bits per heavy atom. The summed E-state index contributed by atoms with van der Waals surface area (Å²) in [6.45, 7) is 0. The maximum absolute atomic E-state index is 12.1. The second-order valence-corrected chi connectivity index (χ2v) is 5.22. The van der Waals surface area contributed by atoms with E-state index in [1.54, 1.807) is 31.3 Å². The van der Waals surface area contributed by atoms with Gasteiger partial charge in [0.05, 0.1) is 10.7 Å². The molecule has 1 heterocycles. The molecule has 0 aliphatic carbocycles. The first-order valence-corrected chi connectivity index (χ1v) is 6.74. The van der Waals surface area contributed by atoms with Gasteiger partial charge in [-0.05, 0) is 18.2 Å². The zero-order chi connectivity index (χ0) is 15.6. The van der Waals surface area contributed by atoms with Crippen molar-refractivity contribution in [3.05, 3.63) is 63.0 Å². The molecule has 3 N–H and O–H groups in total. The van der Waals surface area contributed by atoms with Crippen molar-refractivity contribution < 1.29 is 4.79 Å². The number of amides is 1. The van der Waals surface area contributed by atoms with E-state index < -0.39 is 5.91 Å². The molecule has 0 aliphatic heterocycles. The number of anilines is 1. The van der Waals surface area contributed by atoms with Crippen LogP contribution < -0.4 is 16.6 Å². The van der Waals surface area contributed by atoms with Crippen LogP contribution in [0.2, 0.25) is 5.02 Å². The molecule has 1 aromatic heterocycles. The number of aryl methyl sites for hydroxylation is 1. The number of hydrogen-bond donors (Lipinski definition) is 2. The second kappa shape index (κ2) is 6.07. The molecule has 21 heavy (non-hydrogen) atoms. The monoisotopic (exact) mass is 321 g/mol. The second-order valence-electron chi connectivity index (χ2n) is 4.38. The van der Waals surface area contributed by atoms with E-state index in [1.807, 2.05) is 0 Å². The third-order valence-electron chi connectivity index (χ3n) is 2.87. The summed E-state index contributed by atoms with van der Waals surface area (Å²) in [6, 6.07) is 7.64. The molecule has 0 bridgehead atoms. The predicted octanol–water partition coefficient (Wildman–Crippen LogP) is 1.93. The summed E-state index contributed by atoms with van der Waals surface area (Å²) in [6.07, 6.45) is 1.52. The topological polar surface area (TPSA) is 77.1 Å².